The van der Waals surface area contributed by atoms with Crippen LogP contribution in [0, 0.1) is 11.8 Å². The molecule has 11 nitrogen and oxygen atoms in total. The second-order valence-electron chi connectivity index (χ2n) is 14.3. The third kappa shape index (κ3) is 8.28. The number of likely N-dealkylation sites (tertiary alicyclic amines) is 2. The van der Waals surface area contributed by atoms with Crippen LogP contribution in [0.5, 0.6) is 0 Å². The molecule has 3 aromatic rings. The van der Waals surface area contributed by atoms with Gasteiger partial charge < -0.3 is 25.4 Å². The lowest BCUT2D eigenvalue weighted by molar-refractivity contribution is -0.191. The Kier molecular flexibility index (Phi) is 12.5. The molecule has 1 aromatic heterocycles. The highest BCUT2D eigenvalue weighted by Gasteiger charge is 2.38. The van der Waals surface area contributed by atoms with E-state index < -0.39 is 0 Å². The first kappa shape index (κ1) is 37.6. The maximum atomic E-state index is 13.3. The number of carbonyl (C=O) groups is 2. The van der Waals surface area contributed by atoms with E-state index in [9.17, 15) is 9.59 Å². The van der Waals surface area contributed by atoms with Crippen LogP contribution in [-0.2, 0) is 19.2 Å². The number of aromatic amines is 1. The molecule has 0 bridgehead atoms. The SMILES string of the molecule is CN[C@H](C(=O)N1CCC[C@H]1C1=NC=C(c2ccc(-c3ccc(-c4cnc([C@@H]5CCCN5C(=O)[C@@H](NC)C(C)C)[nH]4)cc3)cc2)C1)C(C)C.O=C=O. The van der Waals surface area contributed by atoms with E-state index in [2.05, 4.69) is 91.8 Å². The molecule has 6 rings (SSSR count). The fourth-order valence-electron chi connectivity index (χ4n) is 7.73. The lowest BCUT2D eigenvalue weighted by atomic mass is 9.95. The molecule has 0 spiro atoms. The van der Waals surface area contributed by atoms with Crippen molar-refractivity contribution in [3.63, 3.8) is 0 Å². The minimum Gasteiger partial charge on any atom is -0.340 e. The third-order valence-corrected chi connectivity index (χ3v) is 10.4. The molecule has 2 saturated heterocycles. The van der Waals surface area contributed by atoms with Crippen LogP contribution in [0.4, 0.5) is 0 Å². The highest BCUT2D eigenvalue weighted by molar-refractivity contribution is 6.03. The van der Waals surface area contributed by atoms with Gasteiger partial charge in [-0.25, -0.2) is 4.98 Å². The van der Waals surface area contributed by atoms with Crippen molar-refractivity contribution in [1.29, 1.82) is 0 Å². The predicted octanol–water partition coefficient (Wildman–Crippen LogP) is 5.49. The van der Waals surface area contributed by atoms with E-state index in [0.717, 1.165) is 79.1 Å². The van der Waals surface area contributed by atoms with Crippen molar-refractivity contribution in [3.05, 3.63) is 72.3 Å². The fraction of sp³-hybridized carbons (Fsp3) is 0.475. The van der Waals surface area contributed by atoms with Gasteiger partial charge in [0.25, 0.3) is 0 Å². The van der Waals surface area contributed by atoms with Gasteiger partial charge in [0.1, 0.15) is 5.82 Å². The zero-order valence-corrected chi connectivity index (χ0v) is 30.6. The number of hydrogen-bond donors (Lipinski definition) is 3. The molecule has 0 saturated carbocycles. The van der Waals surface area contributed by atoms with Crippen LogP contribution in [-0.4, -0.2) is 88.8 Å². The van der Waals surface area contributed by atoms with Gasteiger partial charge in [-0.3, -0.25) is 14.6 Å². The Morgan fingerprint density at radius 3 is 1.75 bits per heavy atom. The standard InChI is InChI=1S/C39H51N7O2.CO2/c1-24(2)35(40-5)38(47)45-19-7-9-33(45)31-21-30(22-42-31)28-13-11-26(12-14-28)27-15-17-29(18-16-27)32-23-43-37(44-32)34-10-8-20-46(34)39(48)36(41-6)25(3)4;2-1-3/h11-18,22-25,33-36,40-41H,7-10,19-21H2,1-6H3,(H,43,44);/t33-,34-,35-,36-;/m0./s1. The average molecular weight is 694 g/mol. The van der Waals surface area contributed by atoms with Crippen LogP contribution in [0.2, 0.25) is 0 Å². The molecule has 3 aliphatic rings. The molecule has 11 heteroatoms. The Balaban J connectivity index is 0.00000162. The van der Waals surface area contributed by atoms with Gasteiger partial charge in [0.05, 0.1) is 36.1 Å². The first-order valence-electron chi connectivity index (χ1n) is 18.1. The number of rotatable bonds is 11. The molecular formula is C40H51N7O4. The Bertz CT molecular complexity index is 1750. The lowest BCUT2D eigenvalue weighted by Crippen LogP contribution is -2.51. The summed E-state index contributed by atoms with van der Waals surface area (Å²) in [6, 6.07) is 16.9. The first-order valence-corrected chi connectivity index (χ1v) is 18.1. The molecule has 2 aromatic carbocycles. The van der Waals surface area contributed by atoms with Crippen LogP contribution in [0.3, 0.4) is 0 Å². The molecule has 2 fully saturated rings. The fourth-order valence-corrected chi connectivity index (χ4v) is 7.73. The smallest absolute Gasteiger partial charge is 0.340 e. The Labute approximate surface area is 301 Å². The van der Waals surface area contributed by atoms with Crippen molar-refractivity contribution in [2.45, 2.75) is 84.0 Å². The molecule has 0 radical (unpaired) electrons. The van der Waals surface area contributed by atoms with Gasteiger partial charge in [-0.05, 0) is 79.4 Å². The molecule has 270 valence electrons. The van der Waals surface area contributed by atoms with E-state index in [1.807, 2.05) is 36.3 Å². The monoisotopic (exact) mass is 693 g/mol. The van der Waals surface area contributed by atoms with E-state index in [4.69, 9.17) is 19.6 Å². The van der Waals surface area contributed by atoms with E-state index in [1.165, 1.54) is 11.1 Å². The van der Waals surface area contributed by atoms with Gasteiger partial charge in [-0.2, -0.15) is 9.59 Å². The normalized spacial score (nSPS) is 19.8. The summed E-state index contributed by atoms with van der Waals surface area (Å²) in [6.45, 7) is 9.90. The number of carbonyl (C=O) groups excluding carboxylic acids is 4. The van der Waals surface area contributed by atoms with Gasteiger partial charge in [0.2, 0.25) is 11.8 Å². The maximum Gasteiger partial charge on any atom is 0.373 e. The number of imidazole rings is 1. The third-order valence-electron chi connectivity index (χ3n) is 10.4. The molecule has 3 N–H and O–H groups in total. The minimum atomic E-state index is -0.191. The maximum absolute atomic E-state index is 13.3. The first-order chi connectivity index (χ1) is 24.6. The summed E-state index contributed by atoms with van der Waals surface area (Å²) in [5, 5.41) is 6.41. The Morgan fingerprint density at radius 2 is 1.24 bits per heavy atom. The van der Waals surface area contributed by atoms with E-state index in [0.29, 0.717) is 0 Å². The topological polar surface area (TPSA) is 140 Å². The number of hydrogen-bond acceptors (Lipinski definition) is 8. The van der Waals surface area contributed by atoms with Gasteiger partial charge in [-0.15, -0.1) is 0 Å². The van der Waals surface area contributed by atoms with Crippen LogP contribution < -0.4 is 10.6 Å². The summed E-state index contributed by atoms with van der Waals surface area (Å²) in [5.41, 5.74) is 7.78. The summed E-state index contributed by atoms with van der Waals surface area (Å²) in [4.78, 5) is 60.0. The molecule has 3 aliphatic heterocycles. The number of H-pyrrole nitrogens is 1. The number of aliphatic imine (C=N–C) groups is 1. The highest BCUT2D eigenvalue weighted by Crippen LogP contribution is 2.34. The van der Waals surface area contributed by atoms with Crippen LogP contribution in [0.1, 0.15) is 77.2 Å². The second kappa shape index (κ2) is 17.0. The largest absolute Gasteiger partial charge is 0.373 e. The number of benzene rings is 2. The van der Waals surface area contributed by atoms with Crippen molar-refractivity contribution >= 4 is 29.3 Å². The van der Waals surface area contributed by atoms with Gasteiger partial charge in [0, 0.05) is 31.4 Å². The number of likely N-dealkylation sites (N-methyl/N-ethyl adjacent to an activating group) is 2. The number of allylic oxidation sites excluding steroid dienone is 1. The summed E-state index contributed by atoms with van der Waals surface area (Å²) < 4.78 is 0. The Hall–Kier alpha value is -4.70. The van der Waals surface area contributed by atoms with E-state index >= 15 is 0 Å². The summed E-state index contributed by atoms with van der Waals surface area (Å²) >= 11 is 0. The molecule has 51 heavy (non-hydrogen) atoms. The lowest BCUT2D eigenvalue weighted by Gasteiger charge is -2.30. The quantitative estimate of drug-likeness (QED) is 0.242. The number of aromatic nitrogens is 2. The van der Waals surface area contributed by atoms with Crippen molar-refractivity contribution in [2.75, 3.05) is 27.2 Å². The van der Waals surface area contributed by atoms with Crippen molar-refractivity contribution in [2.24, 2.45) is 16.8 Å². The number of nitrogens with zero attached hydrogens (tertiary/aromatic N) is 4. The van der Waals surface area contributed by atoms with Gasteiger partial charge >= 0.3 is 6.15 Å². The molecular weight excluding hydrogens is 642 g/mol. The summed E-state index contributed by atoms with van der Waals surface area (Å²) in [7, 11) is 3.73. The number of nitrogens with one attached hydrogen (secondary N) is 3. The molecule has 0 unspecified atom stereocenters. The van der Waals surface area contributed by atoms with Crippen molar-refractivity contribution < 1.29 is 19.2 Å². The summed E-state index contributed by atoms with van der Waals surface area (Å²) in [5.74, 6) is 1.65. The van der Waals surface area contributed by atoms with Crippen molar-refractivity contribution in [1.82, 2.24) is 30.4 Å². The van der Waals surface area contributed by atoms with Crippen LogP contribution >= 0.6 is 0 Å². The predicted molar refractivity (Wildman–Crippen MR) is 198 cm³/mol. The average Bonchev–Trinajstić information content (AvgIpc) is 3.95. The van der Waals surface area contributed by atoms with Gasteiger partial charge in [0.15, 0.2) is 0 Å². The summed E-state index contributed by atoms with van der Waals surface area (Å²) in [6.07, 6.45) is 8.79. The van der Waals surface area contributed by atoms with E-state index in [1.54, 1.807) is 0 Å². The molecule has 0 aliphatic carbocycles. The molecule has 4 heterocycles. The number of amides is 2. The van der Waals surface area contributed by atoms with Crippen LogP contribution in [0.15, 0.2) is 65.9 Å². The van der Waals surface area contributed by atoms with E-state index in [-0.39, 0.29) is 54.0 Å². The zero-order valence-electron chi connectivity index (χ0n) is 30.6. The van der Waals surface area contributed by atoms with Crippen LogP contribution in [0.25, 0.3) is 28.0 Å². The Morgan fingerprint density at radius 1 is 0.765 bits per heavy atom. The minimum absolute atomic E-state index is 0.0229. The molecule has 4 atom stereocenters. The highest BCUT2D eigenvalue weighted by atomic mass is 16.2. The molecule has 2 amide bonds. The van der Waals surface area contributed by atoms with Crippen molar-refractivity contribution in [3.8, 4) is 22.4 Å². The second-order valence-corrected chi connectivity index (χ2v) is 14.3. The van der Waals surface area contributed by atoms with Gasteiger partial charge in [-0.1, -0.05) is 76.2 Å². The zero-order chi connectivity index (χ0) is 36.7.